The van der Waals surface area contributed by atoms with Crippen LogP contribution in [0, 0.1) is 6.92 Å². The van der Waals surface area contributed by atoms with Crippen LogP contribution in [0.25, 0.3) is 5.69 Å². The average molecular weight is 406 g/mol. The normalized spacial score (nSPS) is 17.0. The van der Waals surface area contributed by atoms with Crippen LogP contribution in [0.15, 0.2) is 36.9 Å². The van der Waals surface area contributed by atoms with Crippen LogP contribution in [0.4, 0.5) is 17.5 Å². The van der Waals surface area contributed by atoms with Crippen LogP contribution in [-0.2, 0) is 0 Å². The first-order valence-electron chi connectivity index (χ1n) is 10.3. The number of aromatic nitrogens is 4. The van der Waals surface area contributed by atoms with E-state index in [9.17, 15) is 0 Å². The minimum absolute atomic E-state index is 0.0619. The first kappa shape index (κ1) is 18.7. The molecule has 0 unspecified atom stereocenters. The molecular formula is C22H26N6O2. The quantitative estimate of drug-likeness (QED) is 0.705. The summed E-state index contributed by atoms with van der Waals surface area (Å²) in [5.41, 5.74) is 2.79. The van der Waals surface area contributed by atoms with Crippen LogP contribution in [0.2, 0.25) is 0 Å². The largest absolute Gasteiger partial charge is 0.494 e. The van der Waals surface area contributed by atoms with Crippen molar-refractivity contribution < 1.29 is 9.47 Å². The second-order valence-corrected chi connectivity index (χ2v) is 8.09. The lowest BCUT2D eigenvalue weighted by atomic mass is 9.95. The Hall–Kier alpha value is -3.29. The number of hydrogen-bond donors (Lipinski definition) is 1. The number of likely N-dealkylation sites (N-methyl/N-ethyl adjacent to an activating group) is 1. The lowest BCUT2D eigenvalue weighted by Gasteiger charge is -2.43. The molecule has 1 N–H and O–H groups in total. The smallest absolute Gasteiger partial charge is 0.229 e. The van der Waals surface area contributed by atoms with Gasteiger partial charge in [-0.3, -0.25) is 0 Å². The number of imidazole rings is 1. The maximum Gasteiger partial charge on any atom is 0.229 e. The van der Waals surface area contributed by atoms with Gasteiger partial charge in [0.1, 0.15) is 12.4 Å². The monoisotopic (exact) mass is 406 g/mol. The summed E-state index contributed by atoms with van der Waals surface area (Å²) >= 11 is 0. The Morgan fingerprint density at radius 2 is 2.03 bits per heavy atom. The molecule has 1 aliphatic carbocycles. The number of nitrogens with one attached hydrogen (secondary N) is 1. The molecule has 0 amide bonds. The van der Waals surface area contributed by atoms with E-state index < -0.39 is 0 Å². The maximum absolute atomic E-state index is 6.02. The summed E-state index contributed by atoms with van der Waals surface area (Å²) < 4.78 is 13.6. The van der Waals surface area contributed by atoms with E-state index in [1.807, 2.05) is 35.9 Å². The number of anilines is 3. The lowest BCUT2D eigenvalue weighted by Crippen LogP contribution is -2.52. The highest BCUT2D eigenvalue weighted by atomic mass is 16.5. The van der Waals surface area contributed by atoms with Gasteiger partial charge in [-0.15, -0.1) is 0 Å². The maximum atomic E-state index is 6.02. The predicted molar refractivity (Wildman–Crippen MR) is 115 cm³/mol. The molecule has 5 rings (SSSR count). The summed E-state index contributed by atoms with van der Waals surface area (Å²) in [6.07, 6.45) is 10.3. The van der Waals surface area contributed by atoms with Gasteiger partial charge in [0.05, 0.1) is 36.6 Å². The molecule has 30 heavy (non-hydrogen) atoms. The fraction of sp³-hybridized carbons (Fsp3) is 0.409. The predicted octanol–water partition coefficient (Wildman–Crippen LogP) is 3.86. The van der Waals surface area contributed by atoms with Crippen molar-refractivity contribution in [2.24, 2.45) is 0 Å². The molecule has 2 aromatic heterocycles. The fourth-order valence-electron chi connectivity index (χ4n) is 4.46. The Labute approximate surface area is 175 Å². The van der Waals surface area contributed by atoms with Crippen molar-refractivity contribution in [2.75, 3.05) is 31.0 Å². The Bertz CT molecular complexity index is 1070. The van der Waals surface area contributed by atoms with Gasteiger partial charge in [0.25, 0.3) is 0 Å². The van der Waals surface area contributed by atoms with Gasteiger partial charge in [-0.1, -0.05) is 12.8 Å². The molecule has 1 saturated carbocycles. The van der Waals surface area contributed by atoms with Crippen LogP contribution >= 0.6 is 0 Å². The van der Waals surface area contributed by atoms with Gasteiger partial charge in [-0.2, -0.15) is 4.98 Å². The summed E-state index contributed by atoms with van der Waals surface area (Å²) in [6.45, 7) is 2.67. The van der Waals surface area contributed by atoms with Crippen LogP contribution in [0.1, 0.15) is 31.4 Å². The third-order valence-electron chi connectivity index (χ3n) is 6.22. The summed E-state index contributed by atoms with van der Waals surface area (Å²) in [7, 11) is 3.78. The molecule has 8 heteroatoms. The molecule has 1 aliphatic heterocycles. The number of nitrogens with zero attached hydrogens (tertiary/aromatic N) is 5. The van der Waals surface area contributed by atoms with Crippen LogP contribution < -0.4 is 19.7 Å². The summed E-state index contributed by atoms with van der Waals surface area (Å²) in [4.78, 5) is 15.8. The number of benzene rings is 1. The zero-order valence-electron chi connectivity index (χ0n) is 17.6. The van der Waals surface area contributed by atoms with E-state index >= 15 is 0 Å². The molecule has 0 radical (unpaired) electrons. The van der Waals surface area contributed by atoms with Gasteiger partial charge >= 0.3 is 0 Å². The van der Waals surface area contributed by atoms with Crippen molar-refractivity contribution in [3.8, 4) is 17.2 Å². The first-order valence-corrected chi connectivity index (χ1v) is 10.3. The number of fused-ring (bicyclic) bond motifs is 1. The SMILES string of the molecule is COc1cc(Nc2ncc3c(n2)N(C)C2(CCCC2)CO3)ccc1-n1cnc(C)c1. The number of aryl methyl sites for hydroxylation is 1. The molecule has 0 saturated heterocycles. The molecule has 8 nitrogen and oxygen atoms in total. The minimum Gasteiger partial charge on any atom is -0.494 e. The van der Waals surface area contributed by atoms with Gasteiger partial charge < -0.3 is 24.3 Å². The molecule has 0 bridgehead atoms. The van der Waals surface area contributed by atoms with Gasteiger partial charge in [0.2, 0.25) is 5.95 Å². The van der Waals surface area contributed by atoms with Crippen molar-refractivity contribution in [3.63, 3.8) is 0 Å². The fourth-order valence-corrected chi connectivity index (χ4v) is 4.46. The van der Waals surface area contributed by atoms with E-state index in [4.69, 9.17) is 14.5 Å². The standard InChI is InChI=1S/C22H26N6O2/c1-15-12-28(14-24-15)17-7-6-16(10-18(17)29-3)25-21-23-11-19-20(26-21)27(2)22(13-30-19)8-4-5-9-22/h6-7,10-12,14H,4-5,8-9,13H2,1-3H3,(H,23,25,26). The topological polar surface area (TPSA) is 77.3 Å². The zero-order chi connectivity index (χ0) is 20.7. The second kappa shape index (κ2) is 7.19. The van der Waals surface area contributed by atoms with E-state index in [2.05, 4.69) is 27.2 Å². The number of rotatable bonds is 4. The van der Waals surface area contributed by atoms with Gasteiger partial charge in [0.15, 0.2) is 11.6 Å². The Balaban J connectivity index is 1.42. The van der Waals surface area contributed by atoms with E-state index in [1.165, 1.54) is 12.8 Å². The highest BCUT2D eigenvalue weighted by Crippen LogP contribution is 2.43. The zero-order valence-corrected chi connectivity index (χ0v) is 17.6. The molecule has 0 atom stereocenters. The highest BCUT2D eigenvalue weighted by Gasteiger charge is 2.43. The van der Waals surface area contributed by atoms with E-state index in [0.717, 1.165) is 47.2 Å². The Kier molecular flexibility index (Phi) is 4.49. The molecule has 3 aromatic rings. The van der Waals surface area contributed by atoms with E-state index in [1.54, 1.807) is 19.6 Å². The second-order valence-electron chi connectivity index (χ2n) is 8.09. The number of hydrogen-bond acceptors (Lipinski definition) is 7. The van der Waals surface area contributed by atoms with Crippen molar-refractivity contribution >= 4 is 17.5 Å². The van der Waals surface area contributed by atoms with Crippen LogP contribution in [-0.4, -0.2) is 45.8 Å². The van der Waals surface area contributed by atoms with Crippen molar-refractivity contribution in [3.05, 3.63) is 42.6 Å². The average Bonchev–Trinajstić information content (AvgIpc) is 3.41. The molecule has 1 spiro atoms. The van der Waals surface area contributed by atoms with Crippen LogP contribution in [0.5, 0.6) is 11.5 Å². The molecular weight excluding hydrogens is 380 g/mol. The van der Waals surface area contributed by atoms with Gasteiger partial charge in [0, 0.05) is 25.0 Å². The summed E-state index contributed by atoms with van der Waals surface area (Å²) in [5.74, 6) is 2.86. The molecule has 2 aliphatic rings. The molecule has 1 aromatic carbocycles. The summed E-state index contributed by atoms with van der Waals surface area (Å²) in [6, 6.07) is 5.91. The lowest BCUT2D eigenvalue weighted by molar-refractivity contribution is 0.192. The third-order valence-corrected chi connectivity index (χ3v) is 6.22. The summed E-state index contributed by atoms with van der Waals surface area (Å²) in [5, 5.41) is 3.30. The Morgan fingerprint density at radius 3 is 2.77 bits per heavy atom. The number of ether oxygens (including phenoxy) is 2. The van der Waals surface area contributed by atoms with Crippen molar-refractivity contribution in [2.45, 2.75) is 38.1 Å². The third kappa shape index (κ3) is 3.12. The van der Waals surface area contributed by atoms with Gasteiger partial charge in [-0.25, -0.2) is 9.97 Å². The Morgan fingerprint density at radius 1 is 1.20 bits per heavy atom. The van der Waals surface area contributed by atoms with Crippen molar-refractivity contribution in [1.82, 2.24) is 19.5 Å². The van der Waals surface area contributed by atoms with E-state index in [0.29, 0.717) is 12.6 Å². The minimum atomic E-state index is 0.0619. The first-order chi connectivity index (χ1) is 14.6. The molecule has 3 heterocycles. The highest BCUT2D eigenvalue weighted by molar-refractivity contribution is 5.64. The van der Waals surface area contributed by atoms with Gasteiger partial charge in [-0.05, 0) is 31.9 Å². The molecule has 1 fully saturated rings. The van der Waals surface area contributed by atoms with Crippen molar-refractivity contribution in [1.29, 1.82) is 0 Å². The number of methoxy groups -OCH3 is 1. The van der Waals surface area contributed by atoms with E-state index in [-0.39, 0.29) is 5.54 Å². The molecule has 156 valence electrons. The van der Waals surface area contributed by atoms with Crippen LogP contribution in [0.3, 0.4) is 0 Å².